The highest BCUT2D eigenvalue weighted by Gasteiger charge is 2.31. The first-order valence-corrected chi connectivity index (χ1v) is 11.1. The zero-order chi connectivity index (χ0) is 21.5. The van der Waals surface area contributed by atoms with E-state index >= 15 is 0 Å². The van der Waals surface area contributed by atoms with Gasteiger partial charge in [0.15, 0.2) is 11.8 Å². The summed E-state index contributed by atoms with van der Waals surface area (Å²) in [5, 5.41) is 5.47. The molecule has 0 saturated carbocycles. The first kappa shape index (κ1) is 21.4. The average Bonchev–Trinajstić information content (AvgIpc) is 3.53. The highest BCUT2D eigenvalue weighted by molar-refractivity contribution is 6.35. The third kappa shape index (κ3) is 5.65. The van der Waals surface area contributed by atoms with Gasteiger partial charge in [0, 0.05) is 18.8 Å². The molecular weight excluding hydrogens is 396 g/mol. The molecule has 4 rings (SSSR count). The summed E-state index contributed by atoms with van der Waals surface area (Å²) in [6.45, 7) is 5.13. The van der Waals surface area contributed by atoms with Gasteiger partial charge in [-0.2, -0.15) is 0 Å². The minimum Gasteiger partial charge on any atom is -0.463 e. The van der Waals surface area contributed by atoms with Crippen LogP contribution in [0.15, 0.2) is 53.1 Å². The smallest absolute Gasteiger partial charge is 0.309 e. The molecule has 0 aliphatic carbocycles. The molecule has 2 fully saturated rings. The third-order valence-electron chi connectivity index (χ3n) is 6.09. The van der Waals surface area contributed by atoms with Gasteiger partial charge in [-0.15, -0.1) is 0 Å². The van der Waals surface area contributed by atoms with E-state index in [2.05, 4.69) is 39.8 Å². The molecule has 8 heteroatoms. The van der Waals surface area contributed by atoms with E-state index in [0.29, 0.717) is 13.1 Å². The largest absolute Gasteiger partial charge is 0.463 e. The Hall–Kier alpha value is -2.84. The third-order valence-corrected chi connectivity index (χ3v) is 6.09. The number of anilines is 1. The van der Waals surface area contributed by atoms with Gasteiger partial charge in [-0.05, 0) is 37.1 Å². The number of benzene rings is 1. The van der Waals surface area contributed by atoms with Crippen molar-refractivity contribution in [3.8, 4) is 0 Å². The summed E-state index contributed by atoms with van der Waals surface area (Å²) >= 11 is 0. The highest BCUT2D eigenvalue weighted by Crippen LogP contribution is 2.15. The number of hydrogen-bond acceptors (Lipinski definition) is 5. The molecule has 0 radical (unpaired) electrons. The molecule has 2 amide bonds. The molecule has 0 unspecified atom stereocenters. The molecule has 2 atom stereocenters. The van der Waals surface area contributed by atoms with E-state index in [0.717, 1.165) is 51.4 Å². The second kappa shape index (κ2) is 10.5. The Balaban J connectivity index is 1.30. The molecule has 2 aliphatic heterocycles. The molecule has 3 heterocycles. The van der Waals surface area contributed by atoms with E-state index in [-0.39, 0.29) is 12.1 Å². The Labute approximate surface area is 182 Å². The van der Waals surface area contributed by atoms with E-state index in [1.165, 1.54) is 10.6 Å². The van der Waals surface area contributed by atoms with Gasteiger partial charge < -0.3 is 29.6 Å². The van der Waals surface area contributed by atoms with Gasteiger partial charge in [0.25, 0.3) is 0 Å². The zero-order valence-electron chi connectivity index (χ0n) is 17.7. The second-order valence-corrected chi connectivity index (χ2v) is 8.10. The monoisotopic (exact) mass is 427 g/mol. The number of amides is 2. The van der Waals surface area contributed by atoms with Crippen LogP contribution in [0.3, 0.4) is 0 Å². The van der Waals surface area contributed by atoms with Gasteiger partial charge in [-0.25, -0.2) is 0 Å². The maximum atomic E-state index is 12.3. The standard InChI is InChI=1S/C23H30N4O4/c28-22(24-16-19-8-4-14-30-19)23(29)25-17-20(21-9-5-15-31-21)27-12-10-26(11-13-27)18-6-2-1-3-7-18/h1-3,5-7,9,15,19-20H,4,8,10-14,16-17H2,(H,24,28)(H,25,29)/p+1/t19-,20+/m0/s1. The number of rotatable bonds is 7. The number of nitrogens with one attached hydrogen (secondary N) is 3. The quantitative estimate of drug-likeness (QED) is 0.547. The van der Waals surface area contributed by atoms with Crippen LogP contribution in [0.5, 0.6) is 0 Å². The van der Waals surface area contributed by atoms with Crippen molar-refractivity contribution in [1.82, 2.24) is 10.6 Å². The van der Waals surface area contributed by atoms with Gasteiger partial charge >= 0.3 is 11.8 Å². The van der Waals surface area contributed by atoms with E-state index in [1.807, 2.05) is 18.2 Å². The molecule has 3 N–H and O–H groups in total. The lowest BCUT2D eigenvalue weighted by atomic mass is 10.1. The first-order valence-electron chi connectivity index (χ1n) is 11.1. The Morgan fingerprint density at radius 1 is 1.06 bits per heavy atom. The van der Waals surface area contributed by atoms with Crippen LogP contribution in [0.2, 0.25) is 0 Å². The van der Waals surface area contributed by atoms with Crippen molar-refractivity contribution in [2.24, 2.45) is 0 Å². The van der Waals surface area contributed by atoms with Crippen LogP contribution in [0, 0.1) is 0 Å². The molecule has 0 bridgehead atoms. The molecule has 2 aliphatic rings. The van der Waals surface area contributed by atoms with Crippen molar-refractivity contribution in [3.05, 3.63) is 54.5 Å². The topological polar surface area (TPSA) is 88.2 Å². The van der Waals surface area contributed by atoms with E-state index in [4.69, 9.17) is 9.15 Å². The van der Waals surface area contributed by atoms with Crippen molar-refractivity contribution < 1.29 is 23.6 Å². The van der Waals surface area contributed by atoms with E-state index < -0.39 is 11.8 Å². The number of nitrogens with zero attached hydrogens (tertiary/aromatic N) is 1. The van der Waals surface area contributed by atoms with Gasteiger partial charge in [0.1, 0.15) is 0 Å². The van der Waals surface area contributed by atoms with Crippen molar-refractivity contribution in [2.45, 2.75) is 25.0 Å². The first-order chi connectivity index (χ1) is 15.2. The minimum absolute atomic E-state index is 0.0120. The number of carbonyl (C=O) groups is 2. The summed E-state index contributed by atoms with van der Waals surface area (Å²) in [6, 6.07) is 14.2. The highest BCUT2D eigenvalue weighted by atomic mass is 16.5. The molecular formula is C23H31N4O4+. The number of hydrogen-bond donors (Lipinski definition) is 3. The van der Waals surface area contributed by atoms with Crippen molar-refractivity contribution in [1.29, 1.82) is 0 Å². The Morgan fingerprint density at radius 3 is 2.52 bits per heavy atom. The van der Waals surface area contributed by atoms with Crippen LogP contribution in [0.1, 0.15) is 24.6 Å². The van der Waals surface area contributed by atoms with Crippen LogP contribution >= 0.6 is 0 Å². The molecule has 31 heavy (non-hydrogen) atoms. The Kier molecular flexibility index (Phi) is 7.22. The molecule has 8 nitrogen and oxygen atoms in total. The summed E-state index contributed by atoms with van der Waals surface area (Å²) in [5.74, 6) is -0.405. The SMILES string of the molecule is O=C(NC[C@@H]1CCCO1)C(=O)NC[C@H](c1ccco1)[NH+]1CCN(c2ccccc2)CC1. The molecule has 2 saturated heterocycles. The number of piperazine rings is 1. The molecule has 0 spiro atoms. The fourth-order valence-corrected chi connectivity index (χ4v) is 4.34. The van der Waals surface area contributed by atoms with Crippen LogP contribution in [0.25, 0.3) is 0 Å². The minimum atomic E-state index is -0.614. The van der Waals surface area contributed by atoms with Gasteiger partial charge in [0.05, 0.1) is 45.1 Å². The van der Waals surface area contributed by atoms with Crippen molar-refractivity contribution >= 4 is 17.5 Å². The van der Waals surface area contributed by atoms with Crippen LogP contribution < -0.4 is 20.4 Å². The predicted molar refractivity (Wildman–Crippen MR) is 116 cm³/mol. The lowest BCUT2D eigenvalue weighted by Gasteiger charge is -2.37. The summed E-state index contributed by atoms with van der Waals surface area (Å²) in [6.07, 6.45) is 3.58. The number of carbonyl (C=O) groups excluding carboxylic acids is 2. The van der Waals surface area contributed by atoms with E-state index in [9.17, 15) is 9.59 Å². The summed E-state index contributed by atoms with van der Waals surface area (Å²) in [7, 11) is 0. The molecule has 1 aromatic carbocycles. The van der Waals surface area contributed by atoms with E-state index in [1.54, 1.807) is 6.26 Å². The lowest BCUT2D eigenvalue weighted by Crippen LogP contribution is -3.15. The number of quaternary nitrogens is 1. The molecule has 2 aromatic rings. The second-order valence-electron chi connectivity index (χ2n) is 8.10. The zero-order valence-corrected chi connectivity index (χ0v) is 17.7. The maximum Gasteiger partial charge on any atom is 0.309 e. The Morgan fingerprint density at radius 2 is 1.84 bits per heavy atom. The maximum absolute atomic E-state index is 12.3. The predicted octanol–water partition coefficient (Wildman–Crippen LogP) is 0.137. The molecule has 166 valence electrons. The van der Waals surface area contributed by atoms with Crippen LogP contribution in [0.4, 0.5) is 5.69 Å². The lowest BCUT2D eigenvalue weighted by molar-refractivity contribution is -0.932. The van der Waals surface area contributed by atoms with Gasteiger partial charge in [0.2, 0.25) is 0 Å². The summed E-state index contributed by atoms with van der Waals surface area (Å²) in [4.78, 5) is 28.2. The van der Waals surface area contributed by atoms with Crippen LogP contribution in [-0.4, -0.2) is 63.8 Å². The fourth-order valence-electron chi connectivity index (χ4n) is 4.34. The van der Waals surface area contributed by atoms with Gasteiger partial charge in [-0.3, -0.25) is 9.59 Å². The number of ether oxygens (including phenoxy) is 1. The summed E-state index contributed by atoms with van der Waals surface area (Å²) in [5.41, 5.74) is 1.23. The van der Waals surface area contributed by atoms with Crippen molar-refractivity contribution in [2.75, 3.05) is 50.8 Å². The number of para-hydroxylation sites is 1. The molecule has 1 aromatic heterocycles. The van der Waals surface area contributed by atoms with Gasteiger partial charge in [-0.1, -0.05) is 18.2 Å². The summed E-state index contributed by atoms with van der Waals surface area (Å²) < 4.78 is 11.1. The Bertz CT molecular complexity index is 829. The average molecular weight is 428 g/mol. The number of furan rings is 1. The van der Waals surface area contributed by atoms with Crippen molar-refractivity contribution in [3.63, 3.8) is 0 Å². The normalized spacial score (nSPS) is 20.4. The van der Waals surface area contributed by atoms with Crippen LogP contribution in [-0.2, 0) is 14.3 Å². The fraction of sp³-hybridized carbons (Fsp3) is 0.478.